The van der Waals surface area contributed by atoms with Crippen LogP contribution in [0.4, 0.5) is 0 Å². The van der Waals surface area contributed by atoms with Crippen LogP contribution in [-0.2, 0) is 19.4 Å². The predicted octanol–water partition coefficient (Wildman–Crippen LogP) is 3.89. The third kappa shape index (κ3) is 3.68. The van der Waals surface area contributed by atoms with Gasteiger partial charge in [-0.25, -0.2) is 8.42 Å². The van der Waals surface area contributed by atoms with Gasteiger partial charge in [-0.1, -0.05) is 24.6 Å². The van der Waals surface area contributed by atoms with E-state index in [1.54, 1.807) is 30.3 Å². The Kier molecular flexibility index (Phi) is 5.20. The van der Waals surface area contributed by atoms with E-state index in [1.807, 2.05) is 18.2 Å². The van der Waals surface area contributed by atoms with Crippen molar-refractivity contribution >= 4 is 39.3 Å². The number of phenolic OH excluding ortho intramolecular Hbond substituents is 1. The van der Waals surface area contributed by atoms with Crippen LogP contribution in [0, 0.1) is 0 Å². The summed E-state index contributed by atoms with van der Waals surface area (Å²) < 4.78 is 24.2. The van der Waals surface area contributed by atoms with Crippen LogP contribution in [0.1, 0.15) is 41.0 Å². The van der Waals surface area contributed by atoms with Gasteiger partial charge in [-0.05, 0) is 48.7 Å². The number of rotatable bonds is 5. The average Bonchev–Trinajstić information content (AvgIpc) is 3.05. The molecule has 0 radical (unpaired) electrons. The summed E-state index contributed by atoms with van der Waals surface area (Å²) in [5.74, 6) is -0.861. The lowest BCUT2D eigenvalue weighted by Crippen LogP contribution is -2.41. The molecule has 0 amide bonds. The van der Waals surface area contributed by atoms with E-state index in [4.69, 9.17) is 0 Å². The maximum Gasteiger partial charge on any atom is 0.305 e. The van der Waals surface area contributed by atoms with E-state index in [1.165, 1.54) is 11.3 Å². The van der Waals surface area contributed by atoms with Gasteiger partial charge in [-0.2, -0.15) is 0 Å². The van der Waals surface area contributed by atoms with Gasteiger partial charge in [-0.3, -0.25) is 4.79 Å². The summed E-state index contributed by atoms with van der Waals surface area (Å²) >= 11 is 1.33. The minimum absolute atomic E-state index is 0.0386. The van der Waals surface area contributed by atoms with Gasteiger partial charge < -0.3 is 10.2 Å². The van der Waals surface area contributed by atoms with Crippen LogP contribution in [0.3, 0.4) is 0 Å². The van der Waals surface area contributed by atoms with Crippen LogP contribution in [-0.4, -0.2) is 30.4 Å². The number of carboxylic acid groups (broad SMARTS) is 1. The van der Waals surface area contributed by atoms with Crippen molar-refractivity contribution < 1.29 is 23.4 Å². The Morgan fingerprint density at radius 2 is 1.85 bits per heavy atom. The van der Waals surface area contributed by atoms with E-state index in [-0.39, 0.29) is 11.5 Å². The lowest BCUT2D eigenvalue weighted by molar-refractivity contribution is -0.137. The van der Waals surface area contributed by atoms with Gasteiger partial charge in [0.05, 0.1) is 12.2 Å². The van der Waals surface area contributed by atoms with Crippen molar-refractivity contribution in [2.75, 3.05) is 5.75 Å². The summed E-state index contributed by atoms with van der Waals surface area (Å²) in [7, 11) is -3.51. The number of carboxylic acids is 1. The molecule has 2 heterocycles. The first-order chi connectivity index (χ1) is 12.3. The van der Waals surface area contributed by atoms with Crippen molar-refractivity contribution in [3.8, 4) is 5.75 Å². The van der Waals surface area contributed by atoms with E-state index >= 15 is 0 Å². The van der Waals surface area contributed by atoms with Gasteiger partial charge in [0.1, 0.15) is 10.5 Å². The molecule has 1 saturated heterocycles. The van der Waals surface area contributed by atoms with Gasteiger partial charge in [0, 0.05) is 9.75 Å². The smallest absolute Gasteiger partial charge is 0.305 e. The van der Waals surface area contributed by atoms with Crippen LogP contribution in [0.15, 0.2) is 36.4 Å². The lowest BCUT2D eigenvalue weighted by Gasteiger charge is -2.34. The molecule has 3 rings (SSSR count). The zero-order valence-corrected chi connectivity index (χ0v) is 15.7. The standard InChI is InChI=1S/C19H20O5S2/c20-15-6-3-14(4-7-15)5-8-16-9-10-17(25-16)19(13-18(21)22)11-1-2-12-26(19,23)24/h3-10,20H,1-2,11-13H2,(H,21,22)/t19-/m0/s1. The molecule has 7 heteroatoms. The third-order valence-electron chi connectivity index (χ3n) is 4.68. The Balaban J connectivity index is 1.92. The highest BCUT2D eigenvalue weighted by molar-refractivity contribution is 7.92. The highest BCUT2D eigenvalue weighted by Crippen LogP contribution is 2.46. The van der Waals surface area contributed by atoms with Gasteiger partial charge in [0.2, 0.25) is 0 Å². The molecule has 2 aromatic rings. The molecule has 1 aromatic heterocycles. The number of phenols is 1. The van der Waals surface area contributed by atoms with Crippen molar-refractivity contribution in [1.82, 2.24) is 0 Å². The number of hydrogen-bond donors (Lipinski definition) is 2. The normalized spacial score (nSPS) is 22.5. The largest absolute Gasteiger partial charge is 0.508 e. The number of hydrogen-bond acceptors (Lipinski definition) is 5. The van der Waals surface area contributed by atoms with Crippen molar-refractivity contribution in [3.63, 3.8) is 0 Å². The fourth-order valence-electron chi connectivity index (χ4n) is 3.31. The molecular formula is C19H20O5S2. The lowest BCUT2D eigenvalue weighted by atomic mass is 9.95. The summed E-state index contributed by atoms with van der Waals surface area (Å²) in [5.41, 5.74) is 0.906. The van der Waals surface area contributed by atoms with E-state index in [0.717, 1.165) is 10.4 Å². The summed E-state index contributed by atoms with van der Waals surface area (Å²) in [6, 6.07) is 10.3. The second-order valence-electron chi connectivity index (χ2n) is 6.47. The quantitative estimate of drug-likeness (QED) is 0.805. The van der Waals surface area contributed by atoms with Crippen LogP contribution in [0.25, 0.3) is 12.2 Å². The van der Waals surface area contributed by atoms with Gasteiger partial charge >= 0.3 is 5.97 Å². The number of sulfone groups is 1. The number of carbonyl (C=O) groups is 1. The molecule has 26 heavy (non-hydrogen) atoms. The molecule has 2 N–H and O–H groups in total. The van der Waals surface area contributed by atoms with Crippen molar-refractivity contribution in [1.29, 1.82) is 0 Å². The topological polar surface area (TPSA) is 91.7 Å². The Morgan fingerprint density at radius 1 is 1.12 bits per heavy atom. The Labute approximate surface area is 156 Å². The molecule has 0 spiro atoms. The molecule has 1 atom stereocenters. The van der Waals surface area contributed by atoms with Crippen LogP contribution in [0.2, 0.25) is 0 Å². The Hall–Kier alpha value is -2.12. The molecule has 1 aromatic carbocycles. The number of thiophene rings is 1. The zero-order chi connectivity index (χ0) is 18.8. The summed E-state index contributed by atoms with van der Waals surface area (Å²) in [4.78, 5) is 12.8. The molecule has 1 fully saturated rings. The van der Waals surface area contributed by atoms with Crippen molar-refractivity contribution in [3.05, 3.63) is 51.7 Å². The molecule has 0 saturated carbocycles. The van der Waals surface area contributed by atoms with Crippen molar-refractivity contribution in [2.24, 2.45) is 0 Å². The monoisotopic (exact) mass is 392 g/mol. The van der Waals surface area contributed by atoms with E-state index in [0.29, 0.717) is 24.1 Å². The first kappa shape index (κ1) is 18.7. The Bertz CT molecular complexity index is 925. The second-order valence-corrected chi connectivity index (χ2v) is 10.0. The molecule has 5 nitrogen and oxygen atoms in total. The van der Waals surface area contributed by atoms with Crippen molar-refractivity contribution in [2.45, 2.75) is 30.4 Å². The van der Waals surface area contributed by atoms with E-state index in [9.17, 15) is 23.4 Å². The van der Waals surface area contributed by atoms with Crippen LogP contribution < -0.4 is 0 Å². The van der Waals surface area contributed by atoms with Gasteiger partial charge in [-0.15, -0.1) is 11.3 Å². The minimum atomic E-state index is -3.51. The summed E-state index contributed by atoms with van der Waals surface area (Å²) in [5, 5.41) is 18.6. The fourth-order valence-corrected chi connectivity index (χ4v) is 6.99. The third-order valence-corrected chi connectivity index (χ3v) is 8.65. The summed E-state index contributed by atoms with van der Waals surface area (Å²) in [6.45, 7) is 0. The number of aromatic hydroxyl groups is 1. The SMILES string of the molecule is O=C(O)C[C@]1(c2ccc(C=Cc3ccc(O)cc3)s2)CCCCS1(=O)=O. The molecule has 1 aliphatic heterocycles. The maximum atomic E-state index is 12.8. The van der Waals surface area contributed by atoms with Crippen LogP contribution >= 0.6 is 11.3 Å². The Morgan fingerprint density at radius 3 is 2.50 bits per heavy atom. The molecular weight excluding hydrogens is 372 g/mol. The second kappa shape index (κ2) is 7.25. The molecule has 0 bridgehead atoms. The van der Waals surface area contributed by atoms with Crippen LogP contribution in [0.5, 0.6) is 5.75 Å². The van der Waals surface area contributed by atoms with Gasteiger partial charge in [0.15, 0.2) is 9.84 Å². The first-order valence-corrected chi connectivity index (χ1v) is 10.8. The highest BCUT2D eigenvalue weighted by Gasteiger charge is 2.49. The molecule has 1 aliphatic rings. The molecule has 0 aliphatic carbocycles. The van der Waals surface area contributed by atoms with E-state index in [2.05, 4.69) is 0 Å². The maximum absolute atomic E-state index is 12.8. The number of aliphatic carboxylic acids is 1. The fraction of sp³-hybridized carbons (Fsp3) is 0.316. The zero-order valence-electron chi connectivity index (χ0n) is 14.1. The highest BCUT2D eigenvalue weighted by atomic mass is 32.2. The van der Waals surface area contributed by atoms with E-state index < -0.39 is 27.0 Å². The molecule has 138 valence electrons. The molecule has 0 unspecified atom stereocenters. The average molecular weight is 392 g/mol. The number of benzene rings is 1. The minimum Gasteiger partial charge on any atom is -0.508 e. The summed E-state index contributed by atoms with van der Waals surface area (Å²) in [6.07, 6.45) is 4.99. The van der Waals surface area contributed by atoms with Gasteiger partial charge in [0.25, 0.3) is 0 Å². The predicted molar refractivity (Wildman–Crippen MR) is 103 cm³/mol. The first-order valence-electron chi connectivity index (χ1n) is 8.34.